The molecule has 0 fully saturated rings. The van der Waals surface area contributed by atoms with E-state index in [9.17, 15) is 9.59 Å². The molecule has 2 N–H and O–H groups in total. The van der Waals surface area contributed by atoms with Gasteiger partial charge in [0.05, 0.1) is 22.1 Å². The number of amides is 3. The number of carbonyl (C=O) groups excluding carboxylic acids is 2. The predicted octanol–water partition coefficient (Wildman–Crippen LogP) is 7.59. The number of hydrogen-bond donors (Lipinski definition) is 2. The summed E-state index contributed by atoms with van der Waals surface area (Å²) < 4.78 is 1.73. The molecular formula is C30H31Cl2N5O2. The van der Waals surface area contributed by atoms with Gasteiger partial charge in [0, 0.05) is 23.2 Å². The van der Waals surface area contributed by atoms with Crippen LogP contribution < -0.4 is 10.6 Å². The first-order chi connectivity index (χ1) is 18.6. The van der Waals surface area contributed by atoms with Crippen molar-refractivity contribution >= 4 is 46.6 Å². The van der Waals surface area contributed by atoms with Crippen LogP contribution in [0, 0.1) is 19.8 Å². The lowest BCUT2D eigenvalue weighted by Crippen LogP contribution is -2.42. The Kier molecular flexibility index (Phi) is 8.94. The zero-order chi connectivity index (χ0) is 28.1. The fourth-order valence-corrected chi connectivity index (χ4v) is 4.70. The molecule has 0 atom stereocenters. The quantitative estimate of drug-likeness (QED) is 0.231. The van der Waals surface area contributed by atoms with Gasteiger partial charge in [-0.3, -0.25) is 4.79 Å². The van der Waals surface area contributed by atoms with Crippen molar-refractivity contribution in [2.45, 2.75) is 27.7 Å². The minimum absolute atomic E-state index is 0.134. The van der Waals surface area contributed by atoms with E-state index in [4.69, 9.17) is 28.3 Å². The lowest BCUT2D eigenvalue weighted by atomic mass is 10.1. The predicted molar refractivity (Wildman–Crippen MR) is 159 cm³/mol. The summed E-state index contributed by atoms with van der Waals surface area (Å²) in [7, 11) is 0. The van der Waals surface area contributed by atoms with Gasteiger partial charge in [-0.05, 0) is 49.6 Å². The van der Waals surface area contributed by atoms with Crippen molar-refractivity contribution < 1.29 is 9.59 Å². The standard InChI is InChI=1S/C30H31Cl2N5O2/c1-19(2)17-36(30(39)33-25-12-11-23(31)15-24(25)32)18-29(38)34-28-16-26(22-8-6-5-7-9-22)35-37(28)27-13-10-20(3)14-21(27)4/h5-16,19H,17-18H2,1-4H3,(H,33,39)(H,34,38). The van der Waals surface area contributed by atoms with Crippen molar-refractivity contribution in [2.75, 3.05) is 23.7 Å². The molecule has 7 nitrogen and oxygen atoms in total. The molecule has 39 heavy (non-hydrogen) atoms. The Labute approximate surface area is 238 Å². The third kappa shape index (κ3) is 7.19. The second kappa shape index (κ2) is 12.4. The fourth-order valence-electron chi connectivity index (χ4n) is 4.25. The third-order valence-corrected chi connectivity index (χ3v) is 6.55. The van der Waals surface area contributed by atoms with Crippen LogP contribution in [0.15, 0.2) is 72.8 Å². The summed E-state index contributed by atoms with van der Waals surface area (Å²) in [5.41, 5.74) is 5.08. The minimum atomic E-state index is -0.434. The lowest BCUT2D eigenvalue weighted by molar-refractivity contribution is -0.116. The van der Waals surface area contributed by atoms with Crippen molar-refractivity contribution in [3.8, 4) is 16.9 Å². The van der Waals surface area contributed by atoms with E-state index in [1.807, 2.05) is 76.2 Å². The van der Waals surface area contributed by atoms with Crippen LogP contribution in [-0.2, 0) is 4.79 Å². The van der Waals surface area contributed by atoms with Gasteiger partial charge in [0.1, 0.15) is 12.4 Å². The Balaban J connectivity index is 1.60. The van der Waals surface area contributed by atoms with E-state index in [-0.39, 0.29) is 18.4 Å². The molecule has 3 amide bonds. The number of urea groups is 1. The highest BCUT2D eigenvalue weighted by atomic mass is 35.5. The van der Waals surface area contributed by atoms with Crippen LogP contribution >= 0.6 is 23.2 Å². The Morgan fingerprint density at radius 1 is 0.949 bits per heavy atom. The van der Waals surface area contributed by atoms with Crippen molar-refractivity contribution in [3.63, 3.8) is 0 Å². The Morgan fingerprint density at radius 3 is 2.36 bits per heavy atom. The highest BCUT2D eigenvalue weighted by Crippen LogP contribution is 2.28. The van der Waals surface area contributed by atoms with E-state index in [1.54, 1.807) is 22.9 Å². The molecule has 4 aromatic rings. The van der Waals surface area contributed by atoms with Crippen LogP contribution in [0.4, 0.5) is 16.3 Å². The summed E-state index contributed by atoms with van der Waals surface area (Å²) in [5.74, 6) is 0.296. The Hall–Kier alpha value is -3.81. The first kappa shape index (κ1) is 28.2. The monoisotopic (exact) mass is 563 g/mol. The molecule has 0 aliphatic carbocycles. The second-order valence-electron chi connectivity index (χ2n) is 9.86. The van der Waals surface area contributed by atoms with Crippen molar-refractivity contribution in [1.29, 1.82) is 0 Å². The van der Waals surface area contributed by atoms with Crippen LogP contribution in [0.5, 0.6) is 0 Å². The zero-order valence-electron chi connectivity index (χ0n) is 22.3. The highest BCUT2D eigenvalue weighted by molar-refractivity contribution is 6.36. The number of carbonyl (C=O) groups is 2. The highest BCUT2D eigenvalue weighted by Gasteiger charge is 2.21. The number of benzene rings is 3. The molecule has 0 unspecified atom stereocenters. The number of nitrogens with one attached hydrogen (secondary N) is 2. The smallest absolute Gasteiger partial charge is 0.315 e. The number of rotatable bonds is 8. The zero-order valence-corrected chi connectivity index (χ0v) is 23.8. The normalized spacial score (nSPS) is 10.9. The molecule has 9 heteroatoms. The van der Waals surface area contributed by atoms with E-state index in [0.29, 0.717) is 28.1 Å². The molecule has 1 heterocycles. The SMILES string of the molecule is Cc1ccc(-n2nc(-c3ccccc3)cc2NC(=O)CN(CC(C)C)C(=O)Nc2ccc(Cl)cc2Cl)c(C)c1. The molecule has 3 aromatic carbocycles. The van der Waals surface area contributed by atoms with Crippen LogP contribution in [0.2, 0.25) is 10.0 Å². The number of nitrogens with zero attached hydrogens (tertiary/aromatic N) is 3. The topological polar surface area (TPSA) is 79.3 Å². The molecule has 0 aliphatic rings. The maximum atomic E-state index is 13.3. The molecule has 0 saturated carbocycles. The van der Waals surface area contributed by atoms with Gasteiger partial charge in [0.15, 0.2) is 0 Å². The van der Waals surface area contributed by atoms with Gasteiger partial charge in [0.2, 0.25) is 5.91 Å². The first-order valence-corrected chi connectivity index (χ1v) is 13.4. The summed E-state index contributed by atoms with van der Waals surface area (Å²) in [6, 6.07) is 22.1. The number of halogens is 2. The van der Waals surface area contributed by atoms with Crippen LogP contribution in [0.25, 0.3) is 16.9 Å². The van der Waals surface area contributed by atoms with Gasteiger partial charge in [-0.15, -0.1) is 0 Å². The molecule has 0 saturated heterocycles. The first-order valence-electron chi connectivity index (χ1n) is 12.6. The Morgan fingerprint density at radius 2 is 1.69 bits per heavy atom. The molecule has 0 radical (unpaired) electrons. The number of hydrogen-bond acceptors (Lipinski definition) is 3. The fraction of sp³-hybridized carbons (Fsp3) is 0.233. The van der Waals surface area contributed by atoms with Gasteiger partial charge < -0.3 is 15.5 Å². The van der Waals surface area contributed by atoms with Crippen LogP contribution in [-0.4, -0.2) is 39.7 Å². The molecule has 0 bridgehead atoms. The summed E-state index contributed by atoms with van der Waals surface area (Å²) in [5, 5.41) is 11.4. The lowest BCUT2D eigenvalue weighted by Gasteiger charge is -2.24. The van der Waals surface area contributed by atoms with Gasteiger partial charge in [-0.1, -0.05) is 85.1 Å². The van der Waals surface area contributed by atoms with E-state index in [0.717, 1.165) is 28.1 Å². The molecule has 4 rings (SSSR count). The van der Waals surface area contributed by atoms with Crippen LogP contribution in [0.3, 0.4) is 0 Å². The Bertz CT molecular complexity index is 1480. The number of aryl methyl sites for hydroxylation is 2. The molecule has 0 aliphatic heterocycles. The second-order valence-corrected chi connectivity index (χ2v) is 10.7. The summed E-state index contributed by atoms with van der Waals surface area (Å²) >= 11 is 12.2. The largest absolute Gasteiger partial charge is 0.322 e. The molecule has 0 spiro atoms. The van der Waals surface area contributed by atoms with Crippen molar-refractivity contribution in [2.24, 2.45) is 5.92 Å². The number of anilines is 2. The van der Waals surface area contributed by atoms with E-state index >= 15 is 0 Å². The van der Waals surface area contributed by atoms with Crippen molar-refractivity contribution in [1.82, 2.24) is 14.7 Å². The van der Waals surface area contributed by atoms with Crippen molar-refractivity contribution in [3.05, 3.63) is 94.0 Å². The summed E-state index contributed by atoms with van der Waals surface area (Å²) in [6.45, 7) is 8.21. The van der Waals surface area contributed by atoms with E-state index < -0.39 is 6.03 Å². The van der Waals surface area contributed by atoms with Gasteiger partial charge in [-0.25, -0.2) is 9.48 Å². The molecule has 202 valence electrons. The maximum absolute atomic E-state index is 13.3. The van der Waals surface area contributed by atoms with Gasteiger partial charge in [0.25, 0.3) is 0 Å². The minimum Gasteiger partial charge on any atom is -0.315 e. The summed E-state index contributed by atoms with van der Waals surface area (Å²) in [4.78, 5) is 27.9. The maximum Gasteiger partial charge on any atom is 0.322 e. The van der Waals surface area contributed by atoms with E-state index in [2.05, 4.69) is 16.7 Å². The van der Waals surface area contributed by atoms with Gasteiger partial charge >= 0.3 is 6.03 Å². The average Bonchev–Trinajstić information content (AvgIpc) is 3.28. The molecular weight excluding hydrogens is 533 g/mol. The third-order valence-electron chi connectivity index (χ3n) is 6.01. The number of aromatic nitrogens is 2. The summed E-state index contributed by atoms with van der Waals surface area (Å²) in [6.07, 6.45) is 0. The average molecular weight is 565 g/mol. The van der Waals surface area contributed by atoms with Crippen LogP contribution in [0.1, 0.15) is 25.0 Å². The van der Waals surface area contributed by atoms with E-state index in [1.165, 1.54) is 4.90 Å². The van der Waals surface area contributed by atoms with Gasteiger partial charge in [-0.2, -0.15) is 5.10 Å². The molecule has 1 aromatic heterocycles.